The molecule has 6 nitrogen and oxygen atoms in total. The highest BCUT2D eigenvalue weighted by Gasteiger charge is 2.15. The third-order valence-corrected chi connectivity index (χ3v) is 5.90. The third-order valence-electron chi connectivity index (χ3n) is 5.90. The summed E-state index contributed by atoms with van der Waals surface area (Å²) in [5.74, 6) is -0.644. The topological polar surface area (TPSA) is 62.9 Å². The maximum Gasteiger partial charge on any atom is 0.337 e. The second kappa shape index (κ2) is 11.1. The molecule has 7 heteroatoms. The number of esters is 1. The van der Waals surface area contributed by atoms with E-state index >= 15 is 0 Å². The zero-order valence-electron chi connectivity index (χ0n) is 19.7. The standard InChI is InChI=1S/C28H28FN2O4/c1-34-27(32)23-7-3-20(4-8-23)17-30-14-11-22(12-15-30)25-13-16-31(19-26(25)29)18-21-5-9-24(10-6-21)28(33)35-2/h3-14,16,19,28,33H,15,17-18H2,1-2H3/q+1. The van der Waals surface area contributed by atoms with Crippen LogP contribution in [0.2, 0.25) is 0 Å². The summed E-state index contributed by atoms with van der Waals surface area (Å²) in [6.45, 7) is 1.84. The van der Waals surface area contributed by atoms with Gasteiger partial charge < -0.3 is 19.5 Å². The predicted molar refractivity (Wildman–Crippen MR) is 129 cm³/mol. The van der Waals surface area contributed by atoms with E-state index in [1.165, 1.54) is 20.4 Å². The van der Waals surface area contributed by atoms with Crippen molar-refractivity contribution < 1.29 is 28.3 Å². The van der Waals surface area contributed by atoms with Crippen LogP contribution in [0.1, 0.15) is 38.9 Å². The van der Waals surface area contributed by atoms with Crippen LogP contribution in [-0.4, -0.2) is 36.7 Å². The maximum absolute atomic E-state index is 14.9. The van der Waals surface area contributed by atoms with Crippen LogP contribution in [0.3, 0.4) is 0 Å². The first-order valence-corrected chi connectivity index (χ1v) is 11.2. The van der Waals surface area contributed by atoms with Crippen LogP contribution in [0.5, 0.6) is 0 Å². The number of halogens is 1. The molecule has 0 bridgehead atoms. The Morgan fingerprint density at radius 3 is 2.40 bits per heavy atom. The number of rotatable bonds is 8. The van der Waals surface area contributed by atoms with Gasteiger partial charge in [0.1, 0.15) is 0 Å². The van der Waals surface area contributed by atoms with E-state index in [4.69, 9.17) is 9.47 Å². The molecule has 0 saturated carbocycles. The minimum Gasteiger partial charge on any atom is -0.465 e. The summed E-state index contributed by atoms with van der Waals surface area (Å²) in [5.41, 5.74) is 4.64. The van der Waals surface area contributed by atoms with Gasteiger partial charge in [0.2, 0.25) is 6.20 Å². The van der Waals surface area contributed by atoms with Crippen molar-refractivity contribution in [2.45, 2.75) is 19.4 Å². The Bertz CT molecular complexity index is 1240. The Hall–Kier alpha value is -3.81. The van der Waals surface area contributed by atoms with Gasteiger partial charge in [-0.1, -0.05) is 42.5 Å². The fourth-order valence-electron chi connectivity index (χ4n) is 3.92. The quantitative estimate of drug-likeness (QED) is 0.303. The van der Waals surface area contributed by atoms with Gasteiger partial charge in [0, 0.05) is 49.2 Å². The normalized spacial score (nSPS) is 13.9. The lowest BCUT2D eigenvalue weighted by Crippen LogP contribution is -2.34. The molecule has 0 saturated heterocycles. The minimum absolute atomic E-state index is 0.290. The molecule has 0 aliphatic carbocycles. The molecule has 35 heavy (non-hydrogen) atoms. The maximum atomic E-state index is 14.9. The molecule has 1 aliphatic rings. The van der Waals surface area contributed by atoms with Crippen LogP contribution in [0.25, 0.3) is 5.57 Å². The molecule has 4 rings (SSSR count). The molecule has 1 aromatic heterocycles. The van der Waals surface area contributed by atoms with Crippen molar-refractivity contribution >= 4 is 11.5 Å². The monoisotopic (exact) mass is 475 g/mol. The number of nitrogens with zero attached hydrogens (tertiary/aromatic N) is 2. The van der Waals surface area contributed by atoms with E-state index in [2.05, 4.69) is 4.90 Å². The smallest absolute Gasteiger partial charge is 0.337 e. The number of pyridine rings is 1. The number of methoxy groups -OCH3 is 2. The largest absolute Gasteiger partial charge is 0.465 e. The minimum atomic E-state index is -0.951. The molecular weight excluding hydrogens is 447 g/mol. The average Bonchev–Trinajstić information content (AvgIpc) is 2.89. The zero-order chi connectivity index (χ0) is 24.8. The average molecular weight is 476 g/mol. The van der Waals surface area contributed by atoms with Crippen LogP contribution < -0.4 is 4.57 Å². The molecule has 180 valence electrons. The molecule has 0 spiro atoms. The third kappa shape index (κ3) is 6.01. The number of carbonyl (C=O) groups excluding carboxylic acids is 1. The van der Waals surface area contributed by atoms with Crippen molar-refractivity contribution in [3.05, 3.63) is 119 Å². The Balaban J connectivity index is 1.37. The van der Waals surface area contributed by atoms with Gasteiger partial charge in [0.15, 0.2) is 24.8 Å². The Labute approximate surface area is 204 Å². The van der Waals surface area contributed by atoms with E-state index in [0.717, 1.165) is 16.7 Å². The number of aromatic nitrogens is 1. The summed E-state index contributed by atoms with van der Waals surface area (Å²) in [5, 5.41) is 9.72. The van der Waals surface area contributed by atoms with Gasteiger partial charge in [-0.15, -0.1) is 0 Å². The molecule has 0 radical (unpaired) electrons. The first-order chi connectivity index (χ1) is 17.0. The molecule has 2 aromatic carbocycles. The molecule has 1 unspecified atom stereocenters. The fraction of sp³-hybridized carbons (Fsp3) is 0.214. The zero-order valence-corrected chi connectivity index (χ0v) is 19.7. The summed E-state index contributed by atoms with van der Waals surface area (Å²) < 4.78 is 26.4. The summed E-state index contributed by atoms with van der Waals surface area (Å²) in [7, 11) is 2.81. The number of benzene rings is 2. The Kier molecular flexibility index (Phi) is 7.70. The molecule has 1 atom stereocenters. The van der Waals surface area contributed by atoms with Gasteiger partial charge >= 0.3 is 5.97 Å². The summed E-state index contributed by atoms with van der Waals surface area (Å²) in [4.78, 5) is 13.7. The lowest BCUT2D eigenvalue weighted by Gasteiger charge is -2.23. The van der Waals surface area contributed by atoms with Crippen molar-refractivity contribution in [2.75, 3.05) is 20.8 Å². The summed E-state index contributed by atoms with van der Waals surface area (Å²) >= 11 is 0. The number of carbonyl (C=O) groups is 1. The molecule has 0 fully saturated rings. The van der Waals surface area contributed by atoms with Gasteiger partial charge in [-0.05, 0) is 29.3 Å². The van der Waals surface area contributed by atoms with Crippen molar-refractivity contribution in [1.29, 1.82) is 0 Å². The van der Waals surface area contributed by atoms with E-state index < -0.39 is 6.29 Å². The van der Waals surface area contributed by atoms with E-state index in [0.29, 0.717) is 36.3 Å². The lowest BCUT2D eigenvalue weighted by atomic mass is 10.0. The van der Waals surface area contributed by atoms with E-state index in [1.807, 2.05) is 48.8 Å². The highest BCUT2D eigenvalue weighted by atomic mass is 19.1. The van der Waals surface area contributed by atoms with Crippen molar-refractivity contribution in [3.8, 4) is 0 Å². The molecule has 3 aromatic rings. The van der Waals surface area contributed by atoms with Crippen LogP contribution in [0, 0.1) is 5.82 Å². The molecule has 1 N–H and O–H groups in total. The van der Waals surface area contributed by atoms with E-state index in [-0.39, 0.29) is 11.8 Å². The number of ether oxygens (including phenoxy) is 2. The van der Waals surface area contributed by atoms with Gasteiger partial charge in [-0.25, -0.2) is 4.79 Å². The number of hydrogen-bond donors (Lipinski definition) is 1. The van der Waals surface area contributed by atoms with Crippen molar-refractivity contribution in [2.24, 2.45) is 0 Å². The van der Waals surface area contributed by atoms with Crippen molar-refractivity contribution in [1.82, 2.24) is 4.90 Å². The van der Waals surface area contributed by atoms with Crippen LogP contribution in [0.15, 0.2) is 85.3 Å². The Morgan fingerprint density at radius 1 is 1.09 bits per heavy atom. The number of hydrogen-bond acceptors (Lipinski definition) is 5. The number of allylic oxidation sites excluding steroid dienone is 2. The van der Waals surface area contributed by atoms with Crippen molar-refractivity contribution in [3.63, 3.8) is 0 Å². The van der Waals surface area contributed by atoms with Gasteiger partial charge in [-0.3, -0.25) is 0 Å². The fourth-order valence-corrected chi connectivity index (χ4v) is 3.92. The van der Waals surface area contributed by atoms with Gasteiger partial charge in [0.05, 0.1) is 12.7 Å². The SMILES string of the molecule is COC(=O)c1ccc(CN2C=CC(c3cc[n+](Cc4ccc(C(O)OC)cc4)cc3F)=CC2)cc1. The predicted octanol–water partition coefficient (Wildman–Crippen LogP) is 4.00. The molecule has 0 amide bonds. The highest BCUT2D eigenvalue weighted by molar-refractivity contribution is 5.89. The first-order valence-electron chi connectivity index (χ1n) is 11.2. The molecular formula is C28H28FN2O4+. The lowest BCUT2D eigenvalue weighted by molar-refractivity contribution is -0.689. The molecule has 2 heterocycles. The number of aliphatic hydroxyl groups is 1. The van der Waals surface area contributed by atoms with Crippen LogP contribution in [-0.2, 0) is 22.6 Å². The highest BCUT2D eigenvalue weighted by Crippen LogP contribution is 2.22. The van der Waals surface area contributed by atoms with Crippen LogP contribution in [0.4, 0.5) is 4.39 Å². The summed E-state index contributed by atoms with van der Waals surface area (Å²) in [6.07, 6.45) is 8.28. The van der Waals surface area contributed by atoms with E-state index in [1.54, 1.807) is 34.9 Å². The van der Waals surface area contributed by atoms with E-state index in [9.17, 15) is 14.3 Å². The number of aliphatic hydroxyl groups excluding tert-OH is 1. The second-order valence-corrected chi connectivity index (χ2v) is 8.30. The first kappa shape index (κ1) is 24.3. The Morgan fingerprint density at radius 2 is 1.80 bits per heavy atom. The van der Waals surface area contributed by atoms with Gasteiger partial charge in [-0.2, -0.15) is 8.96 Å². The van der Waals surface area contributed by atoms with Gasteiger partial charge in [0.25, 0.3) is 0 Å². The molecule has 1 aliphatic heterocycles. The summed E-state index contributed by atoms with van der Waals surface area (Å²) in [6, 6.07) is 16.5. The van der Waals surface area contributed by atoms with Crippen LogP contribution >= 0.6 is 0 Å². The second-order valence-electron chi connectivity index (χ2n) is 8.30.